The van der Waals surface area contributed by atoms with Crippen molar-refractivity contribution in [3.8, 4) is 5.88 Å². The molecule has 0 amide bonds. The second kappa shape index (κ2) is 11.0. The predicted octanol–water partition coefficient (Wildman–Crippen LogP) is 7.43. The summed E-state index contributed by atoms with van der Waals surface area (Å²) in [5.74, 6) is -0.285. The standard InChI is InChI=1S/C24H19F4N3O.C2H6/c1-2-32-21-11-9-17(14-29-21)22(16-8-10-20-18(12-16)23(25)31-30-20)19(13-24(26,27)28)15-6-4-3-5-7-15;1-2/h3-12,14H,2,13H2,1H3,(H,30,31);1-2H3/b22-19-;. The first-order chi connectivity index (χ1) is 16.4. The molecule has 2 aromatic carbocycles. The van der Waals surface area contributed by atoms with Crippen molar-refractivity contribution in [2.45, 2.75) is 33.4 Å². The maximum atomic E-state index is 14.2. The van der Waals surface area contributed by atoms with Crippen LogP contribution in [0.15, 0.2) is 66.9 Å². The molecule has 4 nitrogen and oxygen atoms in total. The fraction of sp³-hybridized carbons (Fsp3) is 0.231. The molecule has 34 heavy (non-hydrogen) atoms. The van der Waals surface area contributed by atoms with Gasteiger partial charge in [-0.15, -0.1) is 0 Å². The third kappa shape index (κ3) is 5.81. The van der Waals surface area contributed by atoms with E-state index in [0.717, 1.165) is 0 Å². The molecular formula is C26H25F4N3O. The number of fused-ring (bicyclic) bond motifs is 1. The maximum absolute atomic E-state index is 14.2. The van der Waals surface area contributed by atoms with Crippen LogP contribution in [0, 0.1) is 5.95 Å². The highest BCUT2D eigenvalue weighted by molar-refractivity contribution is 6.00. The van der Waals surface area contributed by atoms with Gasteiger partial charge in [0.25, 0.3) is 0 Å². The van der Waals surface area contributed by atoms with Crippen molar-refractivity contribution in [2.24, 2.45) is 0 Å². The van der Waals surface area contributed by atoms with Gasteiger partial charge >= 0.3 is 6.18 Å². The Labute approximate surface area is 195 Å². The van der Waals surface area contributed by atoms with E-state index in [9.17, 15) is 17.6 Å². The van der Waals surface area contributed by atoms with E-state index in [0.29, 0.717) is 40.3 Å². The van der Waals surface area contributed by atoms with Gasteiger partial charge in [-0.3, -0.25) is 5.10 Å². The van der Waals surface area contributed by atoms with Crippen molar-refractivity contribution in [3.05, 3.63) is 89.5 Å². The second-order valence-corrected chi connectivity index (χ2v) is 7.10. The number of pyridine rings is 1. The molecule has 0 saturated heterocycles. The maximum Gasteiger partial charge on any atom is 0.393 e. The van der Waals surface area contributed by atoms with Crippen molar-refractivity contribution in [1.82, 2.24) is 15.2 Å². The Morgan fingerprint density at radius 1 is 0.941 bits per heavy atom. The van der Waals surface area contributed by atoms with Crippen LogP contribution in [0.1, 0.15) is 43.9 Å². The number of aromatic amines is 1. The van der Waals surface area contributed by atoms with Crippen LogP contribution in [0.5, 0.6) is 5.88 Å². The monoisotopic (exact) mass is 471 g/mol. The smallest absolute Gasteiger partial charge is 0.393 e. The molecular weight excluding hydrogens is 446 g/mol. The Bertz CT molecular complexity index is 1250. The number of rotatable bonds is 6. The average molecular weight is 471 g/mol. The number of hydrogen-bond acceptors (Lipinski definition) is 3. The SMILES string of the molecule is CC.CCOc1ccc(/C(=C(/CC(F)(F)F)c2ccccc2)c2ccc3n[nH]c(F)c3c2)cn1. The fourth-order valence-electron chi connectivity index (χ4n) is 3.59. The Hall–Kier alpha value is -3.68. The molecule has 0 atom stereocenters. The van der Waals surface area contributed by atoms with E-state index < -0.39 is 18.5 Å². The van der Waals surface area contributed by atoms with Gasteiger partial charge in [0, 0.05) is 17.8 Å². The highest BCUT2D eigenvalue weighted by Crippen LogP contribution is 2.40. The lowest BCUT2D eigenvalue weighted by molar-refractivity contribution is -0.122. The molecule has 0 radical (unpaired) electrons. The van der Waals surface area contributed by atoms with E-state index in [1.807, 2.05) is 20.8 Å². The van der Waals surface area contributed by atoms with Crippen LogP contribution in [-0.2, 0) is 0 Å². The van der Waals surface area contributed by atoms with Gasteiger partial charge in [-0.2, -0.15) is 22.7 Å². The molecule has 0 aliphatic rings. The third-order valence-corrected chi connectivity index (χ3v) is 4.91. The summed E-state index contributed by atoms with van der Waals surface area (Å²) in [5, 5.41) is 6.32. The van der Waals surface area contributed by atoms with Crippen LogP contribution in [0.4, 0.5) is 17.6 Å². The zero-order chi connectivity index (χ0) is 24.7. The number of benzene rings is 2. The summed E-state index contributed by atoms with van der Waals surface area (Å²) in [7, 11) is 0. The van der Waals surface area contributed by atoms with Gasteiger partial charge in [0.15, 0.2) is 0 Å². The first-order valence-corrected chi connectivity index (χ1v) is 10.9. The molecule has 0 unspecified atom stereocenters. The minimum Gasteiger partial charge on any atom is -0.478 e. The zero-order valence-corrected chi connectivity index (χ0v) is 19.1. The van der Waals surface area contributed by atoms with E-state index in [2.05, 4.69) is 15.2 Å². The van der Waals surface area contributed by atoms with Crippen molar-refractivity contribution in [1.29, 1.82) is 0 Å². The van der Waals surface area contributed by atoms with Gasteiger partial charge in [-0.25, -0.2) is 4.98 Å². The average Bonchev–Trinajstić information content (AvgIpc) is 3.21. The molecule has 0 bridgehead atoms. The quantitative estimate of drug-likeness (QED) is 0.235. The first kappa shape index (κ1) is 25.0. The van der Waals surface area contributed by atoms with Gasteiger partial charge in [0.1, 0.15) is 0 Å². The van der Waals surface area contributed by atoms with Gasteiger partial charge in [0.05, 0.1) is 23.9 Å². The molecule has 4 rings (SSSR count). The highest BCUT2D eigenvalue weighted by atomic mass is 19.4. The van der Waals surface area contributed by atoms with Crippen molar-refractivity contribution >= 4 is 22.0 Å². The number of halogens is 4. The van der Waals surface area contributed by atoms with Gasteiger partial charge in [-0.1, -0.05) is 50.2 Å². The molecule has 0 aliphatic heterocycles. The van der Waals surface area contributed by atoms with E-state index in [-0.39, 0.29) is 11.0 Å². The number of aromatic nitrogens is 3. The number of ether oxygens (including phenoxy) is 1. The molecule has 4 aromatic rings. The van der Waals surface area contributed by atoms with Crippen molar-refractivity contribution < 1.29 is 22.3 Å². The summed E-state index contributed by atoms with van der Waals surface area (Å²) in [5.41, 5.74) is 2.06. The Kier molecular flexibility index (Phi) is 8.04. The Morgan fingerprint density at radius 2 is 1.65 bits per heavy atom. The van der Waals surface area contributed by atoms with Crippen molar-refractivity contribution in [2.75, 3.05) is 6.61 Å². The zero-order valence-electron chi connectivity index (χ0n) is 19.1. The van der Waals surface area contributed by atoms with Gasteiger partial charge in [-0.05, 0) is 47.4 Å². The lowest BCUT2D eigenvalue weighted by Crippen LogP contribution is -2.10. The lowest BCUT2D eigenvalue weighted by atomic mass is 9.88. The van der Waals surface area contributed by atoms with Crippen LogP contribution in [-0.4, -0.2) is 28.0 Å². The summed E-state index contributed by atoms with van der Waals surface area (Å²) >= 11 is 0. The minimum absolute atomic E-state index is 0.0623. The summed E-state index contributed by atoms with van der Waals surface area (Å²) in [4.78, 5) is 4.23. The highest BCUT2D eigenvalue weighted by Gasteiger charge is 2.31. The van der Waals surface area contributed by atoms with Crippen molar-refractivity contribution in [3.63, 3.8) is 0 Å². The number of nitrogens with zero attached hydrogens (tertiary/aromatic N) is 2. The van der Waals surface area contributed by atoms with Crippen LogP contribution < -0.4 is 4.74 Å². The number of hydrogen-bond donors (Lipinski definition) is 1. The first-order valence-electron chi connectivity index (χ1n) is 10.9. The molecule has 0 aliphatic carbocycles. The van der Waals surface area contributed by atoms with E-state index in [4.69, 9.17) is 4.74 Å². The molecule has 0 saturated carbocycles. The molecule has 0 fully saturated rings. The minimum atomic E-state index is -4.46. The topological polar surface area (TPSA) is 50.8 Å². The second-order valence-electron chi connectivity index (χ2n) is 7.10. The summed E-state index contributed by atoms with van der Waals surface area (Å²) in [6.07, 6.45) is -4.15. The van der Waals surface area contributed by atoms with E-state index >= 15 is 0 Å². The third-order valence-electron chi connectivity index (χ3n) is 4.91. The number of allylic oxidation sites excluding steroid dienone is 1. The van der Waals surface area contributed by atoms with Crippen LogP contribution >= 0.6 is 0 Å². The summed E-state index contributed by atoms with van der Waals surface area (Å²) in [6, 6.07) is 16.3. The molecule has 178 valence electrons. The van der Waals surface area contributed by atoms with Gasteiger partial charge < -0.3 is 4.74 Å². The largest absolute Gasteiger partial charge is 0.478 e. The molecule has 2 heterocycles. The molecule has 0 spiro atoms. The predicted molar refractivity (Wildman–Crippen MR) is 126 cm³/mol. The Morgan fingerprint density at radius 3 is 2.26 bits per heavy atom. The van der Waals surface area contributed by atoms with E-state index in [1.165, 1.54) is 12.3 Å². The van der Waals surface area contributed by atoms with Crippen LogP contribution in [0.25, 0.3) is 22.0 Å². The van der Waals surface area contributed by atoms with Crippen LogP contribution in [0.2, 0.25) is 0 Å². The number of nitrogens with one attached hydrogen (secondary N) is 1. The summed E-state index contributed by atoms with van der Waals surface area (Å²) in [6.45, 7) is 6.22. The number of alkyl halides is 3. The molecule has 8 heteroatoms. The fourth-order valence-corrected chi connectivity index (χ4v) is 3.59. The molecule has 2 aromatic heterocycles. The van der Waals surface area contributed by atoms with E-state index in [1.54, 1.807) is 54.6 Å². The Balaban J connectivity index is 0.00000158. The summed E-state index contributed by atoms with van der Waals surface area (Å²) < 4.78 is 60.6. The normalized spacial score (nSPS) is 12.1. The van der Waals surface area contributed by atoms with Crippen LogP contribution in [0.3, 0.4) is 0 Å². The van der Waals surface area contributed by atoms with Gasteiger partial charge in [0.2, 0.25) is 11.8 Å². The lowest BCUT2D eigenvalue weighted by Gasteiger charge is -2.19. The molecule has 1 N–H and O–H groups in total. The number of H-pyrrole nitrogens is 1.